The minimum Gasteiger partial charge on any atom is -0.308 e. The van der Waals surface area contributed by atoms with Gasteiger partial charge in [0.05, 0.1) is 0 Å². The van der Waals surface area contributed by atoms with Crippen LogP contribution in [0.4, 0.5) is 0 Å². The summed E-state index contributed by atoms with van der Waals surface area (Å²) in [7, 11) is 4.12. The molecule has 0 bridgehead atoms. The minimum atomic E-state index is 0.321. The summed E-state index contributed by atoms with van der Waals surface area (Å²) < 4.78 is 0. The van der Waals surface area contributed by atoms with Crippen molar-refractivity contribution in [3.8, 4) is 0 Å². The van der Waals surface area contributed by atoms with Crippen LogP contribution in [0.3, 0.4) is 0 Å². The first-order chi connectivity index (χ1) is 5.70. The van der Waals surface area contributed by atoms with Gasteiger partial charge in [-0.05, 0) is 19.7 Å². The number of hydrogen-bond acceptors (Lipinski definition) is 2. The maximum absolute atomic E-state index is 4.52. The van der Waals surface area contributed by atoms with E-state index in [0.29, 0.717) is 5.25 Å². The fourth-order valence-electron chi connectivity index (χ4n) is 1.13. The Morgan fingerprint density at radius 3 is 2.33 bits per heavy atom. The molecule has 12 heavy (non-hydrogen) atoms. The van der Waals surface area contributed by atoms with E-state index in [1.165, 1.54) is 5.56 Å². The smallest absolute Gasteiger partial charge is 0.0394 e. The summed E-state index contributed by atoms with van der Waals surface area (Å²) in [5.74, 6) is 0. The molecule has 1 atom stereocenters. The van der Waals surface area contributed by atoms with Gasteiger partial charge in [-0.25, -0.2) is 0 Å². The average Bonchev–Trinajstić information content (AvgIpc) is 2.05. The highest BCUT2D eigenvalue weighted by Gasteiger charge is 2.05. The van der Waals surface area contributed by atoms with Crippen LogP contribution in [0.1, 0.15) is 10.8 Å². The van der Waals surface area contributed by atoms with Crippen molar-refractivity contribution < 1.29 is 0 Å². The summed E-state index contributed by atoms with van der Waals surface area (Å²) in [4.78, 5) is 2.14. The normalized spacial score (nSPS) is 13.3. The molecule has 0 aliphatic rings. The maximum Gasteiger partial charge on any atom is 0.0394 e. The fraction of sp³-hybridized carbons (Fsp3) is 0.400. The standard InChI is InChI=1S/C10H15NS/c1-11(2)8-10(12)9-6-4-3-5-7-9/h3-7,10,12H,8H2,1-2H3/t10-/m1/s1. The van der Waals surface area contributed by atoms with Crippen molar-refractivity contribution in [3.63, 3.8) is 0 Å². The third-order valence-electron chi connectivity index (χ3n) is 1.72. The molecular weight excluding hydrogens is 166 g/mol. The van der Waals surface area contributed by atoms with E-state index in [4.69, 9.17) is 0 Å². The summed E-state index contributed by atoms with van der Waals surface area (Å²) in [5.41, 5.74) is 1.29. The molecule has 0 N–H and O–H groups in total. The second-order valence-electron chi connectivity index (χ2n) is 3.19. The number of thiol groups is 1. The Kier molecular flexibility index (Phi) is 3.63. The molecule has 1 nitrogen and oxygen atoms in total. The highest BCUT2D eigenvalue weighted by Crippen LogP contribution is 2.19. The van der Waals surface area contributed by atoms with E-state index in [-0.39, 0.29) is 0 Å². The zero-order valence-corrected chi connectivity index (χ0v) is 8.46. The lowest BCUT2D eigenvalue weighted by molar-refractivity contribution is 0.411. The monoisotopic (exact) mass is 181 g/mol. The molecule has 0 heterocycles. The van der Waals surface area contributed by atoms with Crippen molar-refractivity contribution in [1.82, 2.24) is 4.90 Å². The van der Waals surface area contributed by atoms with Crippen molar-refractivity contribution in [2.75, 3.05) is 20.6 Å². The molecule has 0 aliphatic heterocycles. The number of hydrogen-bond donors (Lipinski definition) is 1. The second-order valence-corrected chi connectivity index (χ2v) is 3.81. The number of benzene rings is 1. The zero-order valence-electron chi connectivity index (χ0n) is 7.57. The van der Waals surface area contributed by atoms with E-state index in [1.807, 2.05) is 18.2 Å². The molecule has 0 saturated carbocycles. The highest BCUT2D eigenvalue weighted by molar-refractivity contribution is 7.80. The largest absolute Gasteiger partial charge is 0.308 e. The maximum atomic E-state index is 4.52. The van der Waals surface area contributed by atoms with Gasteiger partial charge in [-0.1, -0.05) is 30.3 Å². The van der Waals surface area contributed by atoms with Crippen LogP contribution in [0, 0.1) is 0 Å². The summed E-state index contributed by atoms with van der Waals surface area (Å²) in [6, 6.07) is 10.4. The Bertz CT molecular complexity index is 221. The number of likely N-dealkylation sites (N-methyl/N-ethyl adjacent to an activating group) is 1. The van der Waals surface area contributed by atoms with Crippen molar-refractivity contribution >= 4 is 12.6 Å². The van der Waals surface area contributed by atoms with Crippen LogP contribution in [-0.2, 0) is 0 Å². The molecule has 0 amide bonds. The number of rotatable bonds is 3. The van der Waals surface area contributed by atoms with Crippen LogP contribution in [-0.4, -0.2) is 25.5 Å². The molecular formula is C10H15NS. The molecule has 66 valence electrons. The third kappa shape index (κ3) is 2.88. The topological polar surface area (TPSA) is 3.24 Å². The Morgan fingerprint density at radius 2 is 1.83 bits per heavy atom. The lowest BCUT2D eigenvalue weighted by atomic mass is 10.1. The molecule has 0 spiro atoms. The first-order valence-electron chi connectivity index (χ1n) is 4.08. The van der Waals surface area contributed by atoms with Gasteiger partial charge in [-0.15, -0.1) is 0 Å². The van der Waals surface area contributed by atoms with E-state index in [2.05, 4.69) is 43.8 Å². The van der Waals surface area contributed by atoms with Gasteiger partial charge in [0, 0.05) is 11.8 Å². The van der Waals surface area contributed by atoms with Gasteiger partial charge in [-0.2, -0.15) is 12.6 Å². The van der Waals surface area contributed by atoms with Crippen LogP contribution < -0.4 is 0 Å². The van der Waals surface area contributed by atoms with Gasteiger partial charge in [0.2, 0.25) is 0 Å². The van der Waals surface area contributed by atoms with Gasteiger partial charge in [0.15, 0.2) is 0 Å². The van der Waals surface area contributed by atoms with Crippen molar-refractivity contribution in [1.29, 1.82) is 0 Å². The van der Waals surface area contributed by atoms with Crippen molar-refractivity contribution in [2.24, 2.45) is 0 Å². The Morgan fingerprint density at radius 1 is 1.25 bits per heavy atom. The summed E-state index contributed by atoms with van der Waals surface area (Å²) in [6.45, 7) is 0.979. The van der Waals surface area contributed by atoms with Gasteiger partial charge >= 0.3 is 0 Å². The van der Waals surface area contributed by atoms with Gasteiger partial charge in [0.25, 0.3) is 0 Å². The molecule has 0 fully saturated rings. The average molecular weight is 181 g/mol. The lowest BCUT2D eigenvalue weighted by Gasteiger charge is -2.16. The first kappa shape index (κ1) is 9.62. The highest BCUT2D eigenvalue weighted by atomic mass is 32.1. The van der Waals surface area contributed by atoms with Gasteiger partial charge in [0.1, 0.15) is 0 Å². The first-order valence-corrected chi connectivity index (χ1v) is 4.59. The van der Waals surface area contributed by atoms with Crippen LogP contribution in [0.15, 0.2) is 30.3 Å². The van der Waals surface area contributed by atoms with E-state index in [1.54, 1.807) is 0 Å². The predicted octanol–water partition coefficient (Wildman–Crippen LogP) is 2.22. The van der Waals surface area contributed by atoms with Gasteiger partial charge < -0.3 is 4.90 Å². The molecule has 1 aromatic rings. The molecule has 0 aliphatic carbocycles. The van der Waals surface area contributed by atoms with E-state index >= 15 is 0 Å². The van der Waals surface area contributed by atoms with E-state index in [0.717, 1.165) is 6.54 Å². The lowest BCUT2D eigenvalue weighted by Crippen LogP contribution is -2.17. The SMILES string of the molecule is CN(C)C[C@@H](S)c1ccccc1. The van der Waals surface area contributed by atoms with Crippen LogP contribution in [0.2, 0.25) is 0 Å². The Balaban J connectivity index is 2.59. The zero-order chi connectivity index (χ0) is 8.97. The second kappa shape index (κ2) is 4.53. The Labute approximate surface area is 79.8 Å². The minimum absolute atomic E-state index is 0.321. The number of nitrogens with zero attached hydrogens (tertiary/aromatic N) is 1. The molecule has 1 rings (SSSR count). The molecule has 0 aromatic heterocycles. The van der Waals surface area contributed by atoms with Gasteiger partial charge in [-0.3, -0.25) is 0 Å². The summed E-state index contributed by atoms with van der Waals surface area (Å²) >= 11 is 4.52. The van der Waals surface area contributed by atoms with Crippen LogP contribution in [0.25, 0.3) is 0 Å². The van der Waals surface area contributed by atoms with E-state index in [9.17, 15) is 0 Å². The quantitative estimate of drug-likeness (QED) is 0.700. The molecule has 0 saturated heterocycles. The fourth-order valence-corrected chi connectivity index (χ4v) is 1.63. The van der Waals surface area contributed by atoms with Crippen molar-refractivity contribution in [3.05, 3.63) is 35.9 Å². The molecule has 0 unspecified atom stereocenters. The Hall–Kier alpha value is -0.470. The van der Waals surface area contributed by atoms with E-state index < -0.39 is 0 Å². The third-order valence-corrected chi connectivity index (χ3v) is 2.18. The molecule has 0 radical (unpaired) electrons. The molecule has 2 heteroatoms. The van der Waals surface area contributed by atoms with Crippen LogP contribution in [0.5, 0.6) is 0 Å². The summed E-state index contributed by atoms with van der Waals surface area (Å²) in [5, 5.41) is 0.321. The van der Waals surface area contributed by atoms with Crippen LogP contribution >= 0.6 is 12.6 Å². The predicted molar refractivity (Wildman–Crippen MR) is 56.7 cm³/mol. The summed E-state index contributed by atoms with van der Waals surface area (Å²) in [6.07, 6.45) is 0. The molecule has 1 aromatic carbocycles. The van der Waals surface area contributed by atoms with Crippen molar-refractivity contribution in [2.45, 2.75) is 5.25 Å².